The molecular weight excluding hydrogens is 186 g/mol. The lowest BCUT2D eigenvalue weighted by Gasteiger charge is -2.09. The minimum absolute atomic E-state index is 0.331. The van der Waals surface area contributed by atoms with Crippen LogP contribution in [0, 0.1) is 0 Å². The number of hydrogen-bond acceptors (Lipinski definition) is 3. The fourth-order valence-electron chi connectivity index (χ4n) is 1.79. The second-order valence-corrected chi connectivity index (χ2v) is 4.67. The molecule has 0 saturated carbocycles. The first-order valence-electron chi connectivity index (χ1n) is 5.08. The van der Waals surface area contributed by atoms with Crippen molar-refractivity contribution in [3.8, 4) is 0 Å². The predicted octanol–water partition coefficient (Wildman–Crippen LogP) is 1.18. The molecule has 1 aliphatic rings. The van der Waals surface area contributed by atoms with E-state index in [-0.39, 0.29) is 0 Å². The zero-order valence-corrected chi connectivity index (χ0v) is 8.78. The lowest BCUT2D eigenvalue weighted by Crippen LogP contribution is -2.20. The van der Waals surface area contributed by atoms with Crippen LogP contribution < -0.4 is 5.32 Å². The lowest BCUT2D eigenvalue weighted by molar-refractivity contribution is 0.512. The standard InChI is InChI=1S/C9H19NO2S/c11-13(12)8-3-1-2-5-9-6-4-7-10-9/h9-10H,1-8H2,(H,11,12)/p-1. The van der Waals surface area contributed by atoms with E-state index in [4.69, 9.17) is 0 Å². The quantitative estimate of drug-likeness (QED) is 0.522. The highest BCUT2D eigenvalue weighted by molar-refractivity contribution is 7.79. The van der Waals surface area contributed by atoms with Gasteiger partial charge >= 0.3 is 0 Å². The van der Waals surface area contributed by atoms with E-state index < -0.39 is 11.1 Å². The smallest absolute Gasteiger partial charge is 0.0102 e. The Balaban J connectivity index is 1.86. The van der Waals surface area contributed by atoms with Gasteiger partial charge in [-0.3, -0.25) is 4.21 Å². The molecule has 2 atom stereocenters. The molecule has 0 spiro atoms. The molecule has 78 valence electrons. The van der Waals surface area contributed by atoms with Gasteiger partial charge in [0.15, 0.2) is 0 Å². The maximum atomic E-state index is 10.2. The van der Waals surface area contributed by atoms with Crippen LogP contribution in [0.4, 0.5) is 0 Å². The van der Waals surface area contributed by atoms with E-state index in [2.05, 4.69) is 5.32 Å². The van der Waals surface area contributed by atoms with E-state index in [0.29, 0.717) is 11.8 Å². The summed E-state index contributed by atoms with van der Waals surface area (Å²) in [6.07, 6.45) is 6.85. The van der Waals surface area contributed by atoms with Gasteiger partial charge in [0.05, 0.1) is 0 Å². The molecular formula is C9H18NO2S-. The Kier molecular flexibility index (Phi) is 5.58. The molecule has 0 aromatic carbocycles. The van der Waals surface area contributed by atoms with Crippen molar-refractivity contribution in [3.05, 3.63) is 0 Å². The van der Waals surface area contributed by atoms with Gasteiger partial charge in [-0.15, -0.1) is 0 Å². The molecule has 0 aromatic heterocycles. The van der Waals surface area contributed by atoms with Crippen LogP contribution in [0.25, 0.3) is 0 Å². The minimum atomic E-state index is -1.84. The molecule has 0 aromatic rings. The van der Waals surface area contributed by atoms with Crippen LogP contribution in [0.15, 0.2) is 0 Å². The van der Waals surface area contributed by atoms with Gasteiger partial charge in [-0.2, -0.15) is 0 Å². The van der Waals surface area contributed by atoms with Crippen LogP contribution in [0.5, 0.6) is 0 Å². The van der Waals surface area contributed by atoms with E-state index in [1.165, 1.54) is 19.3 Å². The Morgan fingerprint density at radius 2 is 2.23 bits per heavy atom. The van der Waals surface area contributed by atoms with Crippen LogP contribution in [0.1, 0.15) is 38.5 Å². The molecule has 0 bridgehead atoms. The van der Waals surface area contributed by atoms with Crippen molar-refractivity contribution in [1.82, 2.24) is 5.32 Å². The van der Waals surface area contributed by atoms with Crippen LogP contribution in [-0.4, -0.2) is 27.1 Å². The van der Waals surface area contributed by atoms with Crippen LogP contribution in [0.2, 0.25) is 0 Å². The van der Waals surface area contributed by atoms with E-state index in [1.807, 2.05) is 0 Å². The number of unbranched alkanes of at least 4 members (excludes halogenated alkanes) is 2. The molecule has 1 N–H and O–H groups in total. The molecule has 4 heteroatoms. The summed E-state index contributed by atoms with van der Waals surface area (Å²) >= 11 is -1.84. The predicted molar refractivity (Wildman–Crippen MR) is 53.3 cm³/mol. The van der Waals surface area contributed by atoms with Gasteiger partial charge in [0.2, 0.25) is 0 Å². The maximum Gasteiger partial charge on any atom is 0.0102 e. The fourth-order valence-corrected chi connectivity index (χ4v) is 2.23. The summed E-state index contributed by atoms with van der Waals surface area (Å²) in [4.78, 5) is 0. The van der Waals surface area contributed by atoms with Gasteiger partial charge in [0.1, 0.15) is 0 Å². The average molecular weight is 204 g/mol. The van der Waals surface area contributed by atoms with Crippen molar-refractivity contribution in [2.45, 2.75) is 44.6 Å². The van der Waals surface area contributed by atoms with Crippen molar-refractivity contribution in [3.63, 3.8) is 0 Å². The molecule has 0 radical (unpaired) electrons. The zero-order valence-electron chi connectivity index (χ0n) is 7.96. The SMILES string of the molecule is O=S([O-])CCCCCC1CCCN1. The topological polar surface area (TPSA) is 52.2 Å². The zero-order chi connectivity index (χ0) is 9.52. The maximum absolute atomic E-state index is 10.2. The third-order valence-electron chi connectivity index (χ3n) is 2.53. The monoisotopic (exact) mass is 204 g/mol. The summed E-state index contributed by atoms with van der Waals surface area (Å²) in [5, 5.41) is 3.43. The summed E-state index contributed by atoms with van der Waals surface area (Å²) in [5.41, 5.74) is 0. The molecule has 0 amide bonds. The summed E-state index contributed by atoms with van der Waals surface area (Å²) in [6.45, 7) is 1.16. The van der Waals surface area contributed by atoms with Crippen LogP contribution >= 0.6 is 0 Å². The largest absolute Gasteiger partial charge is 0.772 e. The van der Waals surface area contributed by atoms with Crippen molar-refractivity contribution >= 4 is 11.1 Å². The normalized spacial score (nSPS) is 24.8. The minimum Gasteiger partial charge on any atom is -0.772 e. The number of nitrogens with one attached hydrogen (secondary N) is 1. The third kappa shape index (κ3) is 5.39. The summed E-state index contributed by atoms with van der Waals surface area (Å²) in [7, 11) is 0. The van der Waals surface area contributed by atoms with E-state index in [0.717, 1.165) is 25.8 Å². The first kappa shape index (κ1) is 11.1. The molecule has 13 heavy (non-hydrogen) atoms. The van der Waals surface area contributed by atoms with E-state index in [9.17, 15) is 8.76 Å². The molecule has 0 aliphatic carbocycles. The molecule has 1 aliphatic heterocycles. The fraction of sp³-hybridized carbons (Fsp3) is 1.00. The second kappa shape index (κ2) is 6.51. The summed E-state index contributed by atoms with van der Waals surface area (Å²) < 4.78 is 20.4. The van der Waals surface area contributed by atoms with Crippen LogP contribution in [-0.2, 0) is 11.1 Å². The number of rotatable bonds is 6. The van der Waals surface area contributed by atoms with Gasteiger partial charge in [-0.25, -0.2) is 0 Å². The van der Waals surface area contributed by atoms with Gasteiger partial charge in [0, 0.05) is 11.8 Å². The first-order chi connectivity index (χ1) is 6.29. The molecule has 3 nitrogen and oxygen atoms in total. The molecule has 1 heterocycles. The van der Waals surface area contributed by atoms with Gasteiger partial charge in [-0.1, -0.05) is 23.9 Å². The summed E-state index contributed by atoms with van der Waals surface area (Å²) in [6, 6.07) is 0.706. The Bertz CT molecular complexity index is 158. The number of hydrogen-bond donors (Lipinski definition) is 1. The Hall–Kier alpha value is 0.0700. The summed E-state index contributed by atoms with van der Waals surface area (Å²) in [5.74, 6) is 0.331. The van der Waals surface area contributed by atoms with Crippen molar-refractivity contribution < 1.29 is 8.76 Å². The first-order valence-corrected chi connectivity index (χ1v) is 6.32. The third-order valence-corrected chi connectivity index (χ3v) is 3.15. The Morgan fingerprint density at radius 1 is 1.38 bits per heavy atom. The highest BCUT2D eigenvalue weighted by Gasteiger charge is 2.12. The van der Waals surface area contributed by atoms with Crippen molar-refractivity contribution in [2.75, 3.05) is 12.3 Å². The van der Waals surface area contributed by atoms with Gasteiger partial charge in [-0.05, 0) is 32.2 Å². The van der Waals surface area contributed by atoms with Crippen molar-refractivity contribution in [2.24, 2.45) is 0 Å². The molecule has 2 unspecified atom stereocenters. The molecule has 1 saturated heterocycles. The molecule has 1 rings (SSSR count). The second-order valence-electron chi connectivity index (χ2n) is 3.65. The van der Waals surface area contributed by atoms with Gasteiger partial charge in [0.25, 0.3) is 0 Å². The van der Waals surface area contributed by atoms with Crippen LogP contribution in [0.3, 0.4) is 0 Å². The lowest BCUT2D eigenvalue weighted by atomic mass is 10.1. The highest BCUT2D eigenvalue weighted by atomic mass is 32.2. The van der Waals surface area contributed by atoms with Crippen molar-refractivity contribution in [1.29, 1.82) is 0 Å². The highest BCUT2D eigenvalue weighted by Crippen LogP contribution is 2.12. The Labute approximate surface area is 82.6 Å². The Morgan fingerprint density at radius 3 is 2.85 bits per heavy atom. The molecule has 1 fully saturated rings. The van der Waals surface area contributed by atoms with E-state index >= 15 is 0 Å². The van der Waals surface area contributed by atoms with E-state index in [1.54, 1.807) is 0 Å². The average Bonchev–Trinajstić information content (AvgIpc) is 2.55. The van der Waals surface area contributed by atoms with Gasteiger partial charge < -0.3 is 9.87 Å².